The standard InChI is InChI=1S/C44H43ClN4O4/c1-43(2,3)53-42(51)48-26-14-15-31(29-48)41(50)46-40-37-27-30(36-28-35(52-4)23-24-38(36)45)22-25-39(37)49(47-40)44(32-16-8-5-9-17-32,33-18-10-6-11-19-33)34-20-12-7-13-21-34/h5-13,16-25,27-28,31H,14-15,26,29H2,1-4H3,(H,46,47,50). The molecule has 1 saturated heterocycles. The lowest BCUT2D eigenvalue weighted by Crippen LogP contribution is -2.45. The van der Waals surface area contributed by atoms with Gasteiger partial charge in [0.1, 0.15) is 16.9 Å². The Morgan fingerprint density at radius 3 is 1.98 bits per heavy atom. The molecule has 1 unspecified atom stereocenters. The third-order valence-electron chi connectivity index (χ3n) is 9.74. The maximum absolute atomic E-state index is 14.2. The second-order valence-corrected chi connectivity index (χ2v) is 14.8. The van der Waals surface area contributed by atoms with Crippen LogP contribution in [0.4, 0.5) is 10.6 Å². The first-order chi connectivity index (χ1) is 25.6. The van der Waals surface area contributed by atoms with Gasteiger partial charge < -0.3 is 19.7 Å². The number of nitrogens with one attached hydrogen (secondary N) is 1. The van der Waals surface area contributed by atoms with Crippen LogP contribution in [0.15, 0.2) is 127 Å². The van der Waals surface area contributed by atoms with Crippen molar-refractivity contribution in [3.63, 3.8) is 0 Å². The number of fused-ring (bicyclic) bond motifs is 1. The summed E-state index contributed by atoms with van der Waals surface area (Å²) < 4.78 is 13.2. The molecule has 1 N–H and O–H groups in total. The fourth-order valence-electron chi connectivity index (χ4n) is 7.29. The first-order valence-corrected chi connectivity index (χ1v) is 18.3. The van der Waals surface area contributed by atoms with Gasteiger partial charge in [0.25, 0.3) is 0 Å². The van der Waals surface area contributed by atoms with Gasteiger partial charge in [0.15, 0.2) is 5.82 Å². The monoisotopic (exact) mass is 726 g/mol. The minimum Gasteiger partial charge on any atom is -0.497 e. The molecule has 1 aliphatic rings. The predicted molar refractivity (Wildman–Crippen MR) is 210 cm³/mol. The minimum absolute atomic E-state index is 0.209. The molecule has 0 saturated carbocycles. The van der Waals surface area contributed by atoms with Crippen molar-refractivity contribution in [3.05, 3.63) is 149 Å². The molecule has 8 nitrogen and oxygen atoms in total. The molecule has 53 heavy (non-hydrogen) atoms. The highest BCUT2D eigenvalue weighted by Crippen LogP contribution is 2.44. The summed E-state index contributed by atoms with van der Waals surface area (Å²) in [5, 5.41) is 9.87. The quantitative estimate of drug-likeness (QED) is 0.158. The molecule has 0 radical (unpaired) electrons. The number of hydrogen-bond donors (Lipinski definition) is 1. The minimum atomic E-state index is -0.932. The van der Waals surface area contributed by atoms with E-state index in [2.05, 4.69) is 41.7 Å². The molecule has 270 valence electrons. The Morgan fingerprint density at radius 1 is 0.811 bits per heavy atom. The number of amides is 2. The number of hydrogen-bond acceptors (Lipinski definition) is 5. The fraction of sp³-hybridized carbons (Fsp3) is 0.250. The number of carbonyl (C=O) groups is 2. The number of benzene rings is 5. The average Bonchev–Trinajstić information content (AvgIpc) is 3.53. The Kier molecular flexibility index (Phi) is 9.99. The van der Waals surface area contributed by atoms with Crippen LogP contribution in [0.25, 0.3) is 22.0 Å². The molecule has 6 aromatic rings. The summed E-state index contributed by atoms with van der Waals surface area (Å²) >= 11 is 6.77. The Labute approximate surface area is 315 Å². The van der Waals surface area contributed by atoms with E-state index in [1.165, 1.54) is 0 Å². The fourth-order valence-corrected chi connectivity index (χ4v) is 7.52. The molecule has 0 spiro atoms. The first-order valence-electron chi connectivity index (χ1n) is 17.9. The Hall–Kier alpha value is -5.60. The average molecular weight is 727 g/mol. The second kappa shape index (κ2) is 14.8. The highest BCUT2D eigenvalue weighted by molar-refractivity contribution is 6.33. The summed E-state index contributed by atoms with van der Waals surface area (Å²) in [5.41, 5.74) is 3.87. The summed E-state index contributed by atoms with van der Waals surface area (Å²) in [6.07, 6.45) is 0.906. The molecule has 1 atom stereocenters. The van der Waals surface area contributed by atoms with Gasteiger partial charge in [0, 0.05) is 29.1 Å². The number of nitrogens with zero attached hydrogens (tertiary/aromatic N) is 3. The molecular formula is C44H43ClN4O4. The third-order valence-corrected chi connectivity index (χ3v) is 10.1. The highest BCUT2D eigenvalue weighted by Gasteiger charge is 2.41. The zero-order valence-corrected chi connectivity index (χ0v) is 31.1. The van der Waals surface area contributed by atoms with Crippen molar-refractivity contribution in [3.8, 4) is 16.9 Å². The maximum Gasteiger partial charge on any atom is 0.410 e. The molecule has 1 aromatic heterocycles. The summed E-state index contributed by atoms with van der Waals surface area (Å²) in [4.78, 5) is 28.9. The number of aromatic nitrogens is 2. The highest BCUT2D eigenvalue weighted by atomic mass is 35.5. The summed E-state index contributed by atoms with van der Waals surface area (Å²) in [7, 11) is 1.62. The molecule has 2 heterocycles. The van der Waals surface area contributed by atoms with Crippen molar-refractivity contribution in [2.75, 3.05) is 25.5 Å². The molecule has 1 fully saturated rings. The van der Waals surface area contributed by atoms with Crippen LogP contribution in [-0.4, -0.2) is 52.5 Å². The largest absolute Gasteiger partial charge is 0.497 e. The molecule has 5 aromatic carbocycles. The molecule has 0 aliphatic carbocycles. The lowest BCUT2D eigenvalue weighted by molar-refractivity contribution is -0.121. The van der Waals surface area contributed by atoms with Crippen molar-refractivity contribution in [2.24, 2.45) is 5.92 Å². The van der Waals surface area contributed by atoms with Crippen LogP contribution < -0.4 is 10.1 Å². The molecular weight excluding hydrogens is 684 g/mol. The van der Waals surface area contributed by atoms with Crippen molar-refractivity contribution in [1.82, 2.24) is 14.7 Å². The first kappa shape index (κ1) is 35.8. The molecule has 2 amide bonds. The van der Waals surface area contributed by atoms with Gasteiger partial charge in [-0.05, 0) is 86.2 Å². The van der Waals surface area contributed by atoms with Gasteiger partial charge >= 0.3 is 6.09 Å². The topological polar surface area (TPSA) is 85.7 Å². The number of anilines is 1. The zero-order chi connectivity index (χ0) is 37.2. The van der Waals surface area contributed by atoms with Crippen molar-refractivity contribution < 1.29 is 19.1 Å². The summed E-state index contributed by atoms with van der Waals surface area (Å²) in [6.45, 7) is 6.32. The van der Waals surface area contributed by atoms with E-state index in [9.17, 15) is 9.59 Å². The van der Waals surface area contributed by atoms with Crippen LogP contribution >= 0.6 is 11.6 Å². The van der Waals surface area contributed by atoms with Crippen LogP contribution in [0.2, 0.25) is 5.02 Å². The van der Waals surface area contributed by atoms with Gasteiger partial charge in [-0.15, -0.1) is 0 Å². The molecule has 1 aliphatic heterocycles. The summed E-state index contributed by atoms with van der Waals surface area (Å²) in [5.74, 6) is 0.429. The van der Waals surface area contributed by atoms with E-state index in [0.717, 1.165) is 38.7 Å². The van der Waals surface area contributed by atoms with Gasteiger partial charge in [-0.25, -0.2) is 9.48 Å². The number of methoxy groups -OCH3 is 1. The second-order valence-electron chi connectivity index (χ2n) is 14.4. The van der Waals surface area contributed by atoms with Crippen LogP contribution in [-0.2, 0) is 15.1 Å². The van der Waals surface area contributed by atoms with Gasteiger partial charge in [-0.1, -0.05) is 109 Å². The van der Waals surface area contributed by atoms with E-state index in [4.69, 9.17) is 26.2 Å². The van der Waals surface area contributed by atoms with Gasteiger partial charge in [-0.2, -0.15) is 5.10 Å². The number of carbonyl (C=O) groups excluding carboxylic acids is 2. The van der Waals surface area contributed by atoms with Crippen LogP contribution in [0.3, 0.4) is 0 Å². The van der Waals surface area contributed by atoms with Crippen molar-refractivity contribution in [1.29, 1.82) is 0 Å². The molecule has 9 heteroatoms. The SMILES string of the molecule is COc1ccc(Cl)c(-c2ccc3c(c2)c(NC(=O)C2CCCN(C(=O)OC(C)(C)C)C2)nn3C(c2ccccc2)(c2ccccc2)c2ccccc2)c1. The van der Waals surface area contributed by atoms with Gasteiger partial charge in [0.2, 0.25) is 5.91 Å². The molecule has 0 bridgehead atoms. The van der Waals surface area contributed by atoms with E-state index in [-0.39, 0.29) is 12.5 Å². The van der Waals surface area contributed by atoms with Crippen molar-refractivity contribution >= 4 is 40.3 Å². The van der Waals surface area contributed by atoms with Crippen LogP contribution in [0.5, 0.6) is 5.75 Å². The van der Waals surface area contributed by atoms with Crippen LogP contribution in [0.1, 0.15) is 50.3 Å². The lowest BCUT2D eigenvalue weighted by atomic mass is 9.77. The van der Waals surface area contributed by atoms with Gasteiger partial charge in [-0.3, -0.25) is 4.79 Å². The van der Waals surface area contributed by atoms with Crippen LogP contribution in [0, 0.1) is 5.92 Å². The zero-order valence-electron chi connectivity index (χ0n) is 30.4. The maximum atomic E-state index is 14.2. The van der Waals surface area contributed by atoms with Gasteiger partial charge in [0.05, 0.1) is 18.5 Å². The number of halogens is 1. The Morgan fingerprint density at radius 2 is 1.42 bits per heavy atom. The summed E-state index contributed by atoms with van der Waals surface area (Å²) in [6, 6.07) is 42.5. The Bertz CT molecular complexity index is 2140. The van der Waals surface area contributed by atoms with E-state index in [1.807, 2.05) is 116 Å². The van der Waals surface area contributed by atoms with E-state index in [1.54, 1.807) is 12.0 Å². The number of piperidine rings is 1. The van der Waals surface area contributed by atoms with E-state index >= 15 is 0 Å². The smallest absolute Gasteiger partial charge is 0.410 e. The number of rotatable bonds is 8. The number of ether oxygens (including phenoxy) is 2. The lowest BCUT2D eigenvalue weighted by Gasteiger charge is -2.37. The third kappa shape index (κ3) is 7.11. The van der Waals surface area contributed by atoms with Crippen molar-refractivity contribution in [2.45, 2.75) is 44.8 Å². The predicted octanol–water partition coefficient (Wildman–Crippen LogP) is 9.79. The molecule has 7 rings (SSSR count). The van der Waals surface area contributed by atoms with E-state index < -0.39 is 23.2 Å². The number of likely N-dealkylation sites (tertiary alicyclic amines) is 1. The normalized spacial score (nSPS) is 14.9. The van der Waals surface area contributed by atoms with E-state index in [0.29, 0.717) is 36.0 Å². The Balaban J connectivity index is 1.42.